The second kappa shape index (κ2) is 7.25. The van der Waals surface area contributed by atoms with Gasteiger partial charge in [0.1, 0.15) is 6.61 Å². The van der Waals surface area contributed by atoms with Gasteiger partial charge in [0.05, 0.1) is 6.61 Å². The molecule has 17 heavy (non-hydrogen) atoms. The van der Waals surface area contributed by atoms with Crippen LogP contribution in [0.25, 0.3) is 0 Å². The molecule has 0 saturated carbocycles. The normalized spacial score (nSPS) is 10.9. The van der Waals surface area contributed by atoms with E-state index >= 15 is 0 Å². The summed E-state index contributed by atoms with van der Waals surface area (Å²) in [5.41, 5.74) is 0.912. The molecule has 1 aromatic carbocycles. The lowest BCUT2D eigenvalue weighted by atomic mass is 10.2. The van der Waals surface area contributed by atoms with E-state index in [1.807, 2.05) is 6.07 Å². The van der Waals surface area contributed by atoms with Crippen molar-refractivity contribution in [1.82, 2.24) is 5.32 Å². The molecular weight excluding hydrogens is 221 g/mol. The maximum absolute atomic E-state index is 13.6. The molecule has 0 radical (unpaired) electrons. The van der Waals surface area contributed by atoms with Gasteiger partial charge in [0, 0.05) is 19.7 Å². The van der Waals surface area contributed by atoms with Gasteiger partial charge in [-0.1, -0.05) is 19.9 Å². The van der Waals surface area contributed by atoms with E-state index in [1.165, 1.54) is 6.07 Å². The molecule has 0 aliphatic rings. The van der Waals surface area contributed by atoms with Crippen molar-refractivity contribution in [2.24, 2.45) is 0 Å². The van der Waals surface area contributed by atoms with E-state index in [0.717, 1.165) is 5.56 Å². The lowest BCUT2D eigenvalue weighted by Crippen LogP contribution is -2.21. The number of methoxy groups -OCH3 is 1. The Hall–Kier alpha value is -1.13. The Kier molecular flexibility index (Phi) is 5.94. The number of rotatable bonds is 7. The van der Waals surface area contributed by atoms with Crippen LogP contribution < -0.4 is 10.1 Å². The fraction of sp³-hybridized carbons (Fsp3) is 0.538. The third-order valence-corrected chi connectivity index (χ3v) is 2.26. The molecule has 0 amide bonds. The van der Waals surface area contributed by atoms with Gasteiger partial charge in [-0.25, -0.2) is 4.39 Å². The molecule has 1 N–H and O–H groups in total. The standard InChI is InChI=1S/C13H20FNO2/c1-10(2)15-9-11-4-5-13(12(14)8-11)17-7-6-16-3/h4-5,8,10,15H,6-7,9H2,1-3H3. The zero-order valence-electron chi connectivity index (χ0n) is 10.6. The minimum absolute atomic E-state index is 0.273. The highest BCUT2D eigenvalue weighted by atomic mass is 19.1. The van der Waals surface area contributed by atoms with E-state index in [9.17, 15) is 4.39 Å². The van der Waals surface area contributed by atoms with E-state index in [2.05, 4.69) is 19.2 Å². The maximum Gasteiger partial charge on any atom is 0.165 e. The van der Waals surface area contributed by atoms with E-state index in [-0.39, 0.29) is 11.6 Å². The highest BCUT2D eigenvalue weighted by molar-refractivity contribution is 5.29. The third-order valence-electron chi connectivity index (χ3n) is 2.26. The Labute approximate surface area is 102 Å². The molecule has 0 atom stereocenters. The van der Waals surface area contributed by atoms with E-state index in [1.54, 1.807) is 13.2 Å². The van der Waals surface area contributed by atoms with Gasteiger partial charge >= 0.3 is 0 Å². The number of ether oxygens (including phenoxy) is 2. The second-order valence-corrected chi connectivity index (χ2v) is 4.14. The predicted octanol–water partition coefficient (Wildman–Crippen LogP) is 2.35. The summed E-state index contributed by atoms with van der Waals surface area (Å²) >= 11 is 0. The van der Waals surface area contributed by atoms with E-state index in [4.69, 9.17) is 9.47 Å². The smallest absolute Gasteiger partial charge is 0.165 e. The van der Waals surface area contributed by atoms with Crippen LogP contribution in [0, 0.1) is 5.82 Å². The van der Waals surface area contributed by atoms with Crippen LogP contribution in [-0.2, 0) is 11.3 Å². The van der Waals surface area contributed by atoms with Crippen LogP contribution in [0.3, 0.4) is 0 Å². The van der Waals surface area contributed by atoms with Crippen molar-refractivity contribution in [1.29, 1.82) is 0 Å². The topological polar surface area (TPSA) is 30.5 Å². The van der Waals surface area contributed by atoms with Crippen LogP contribution in [0.15, 0.2) is 18.2 Å². The number of hydrogen-bond donors (Lipinski definition) is 1. The highest BCUT2D eigenvalue weighted by Gasteiger charge is 2.05. The molecule has 0 spiro atoms. The first-order valence-corrected chi connectivity index (χ1v) is 5.77. The maximum atomic E-state index is 13.6. The van der Waals surface area contributed by atoms with Gasteiger partial charge in [-0.3, -0.25) is 0 Å². The van der Waals surface area contributed by atoms with Crippen molar-refractivity contribution >= 4 is 0 Å². The summed E-state index contributed by atoms with van der Waals surface area (Å²) in [6.07, 6.45) is 0. The monoisotopic (exact) mass is 241 g/mol. The van der Waals surface area contributed by atoms with Crippen LogP contribution >= 0.6 is 0 Å². The molecular formula is C13H20FNO2. The molecule has 0 bridgehead atoms. The van der Waals surface area contributed by atoms with Crippen LogP contribution in [0.4, 0.5) is 4.39 Å². The number of benzene rings is 1. The second-order valence-electron chi connectivity index (χ2n) is 4.14. The average Bonchev–Trinajstić information content (AvgIpc) is 2.29. The molecule has 0 aliphatic heterocycles. The minimum Gasteiger partial charge on any atom is -0.488 e. The van der Waals surface area contributed by atoms with Gasteiger partial charge in [0.2, 0.25) is 0 Å². The summed E-state index contributed by atoms with van der Waals surface area (Å²) in [4.78, 5) is 0. The van der Waals surface area contributed by atoms with Crippen molar-refractivity contribution in [3.05, 3.63) is 29.6 Å². The lowest BCUT2D eigenvalue weighted by molar-refractivity contribution is 0.144. The molecule has 0 heterocycles. The van der Waals surface area contributed by atoms with Gasteiger partial charge in [-0.15, -0.1) is 0 Å². The molecule has 4 heteroatoms. The Morgan fingerprint density at radius 1 is 1.29 bits per heavy atom. The van der Waals surface area contributed by atoms with Crippen molar-refractivity contribution in [2.75, 3.05) is 20.3 Å². The third kappa shape index (κ3) is 5.15. The van der Waals surface area contributed by atoms with Gasteiger partial charge in [0.15, 0.2) is 11.6 Å². The Morgan fingerprint density at radius 2 is 2.06 bits per heavy atom. The Bertz CT molecular complexity index is 342. The molecule has 96 valence electrons. The highest BCUT2D eigenvalue weighted by Crippen LogP contribution is 2.18. The molecule has 0 aliphatic carbocycles. The Morgan fingerprint density at radius 3 is 2.65 bits per heavy atom. The van der Waals surface area contributed by atoms with E-state index < -0.39 is 0 Å². The molecule has 1 rings (SSSR count). The minimum atomic E-state index is -0.329. The number of nitrogens with one attached hydrogen (secondary N) is 1. The van der Waals surface area contributed by atoms with Gasteiger partial charge in [0.25, 0.3) is 0 Å². The summed E-state index contributed by atoms with van der Waals surface area (Å²) in [6, 6.07) is 5.40. The predicted molar refractivity (Wildman–Crippen MR) is 65.7 cm³/mol. The largest absolute Gasteiger partial charge is 0.488 e. The summed E-state index contributed by atoms with van der Waals surface area (Å²) < 4.78 is 23.7. The van der Waals surface area contributed by atoms with Crippen LogP contribution in [0.1, 0.15) is 19.4 Å². The van der Waals surface area contributed by atoms with Gasteiger partial charge in [-0.05, 0) is 17.7 Å². The van der Waals surface area contributed by atoms with Crippen LogP contribution in [-0.4, -0.2) is 26.4 Å². The van der Waals surface area contributed by atoms with Crippen molar-refractivity contribution in [3.8, 4) is 5.75 Å². The fourth-order valence-electron chi connectivity index (χ4n) is 1.33. The SMILES string of the molecule is COCCOc1ccc(CNC(C)C)cc1F. The van der Waals surface area contributed by atoms with Crippen LogP contribution in [0.2, 0.25) is 0 Å². The van der Waals surface area contributed by atoms with Crippen molar-refractivity contribution in [2.45, 2.75) is 26.4 Å². The van der Waals surface area contributed by atoms with Gasteiger partial charge < -0.3 is 14.8 Å². The van der Waals surface area contributed by atoms with Crippen molar-refractivity contribution in [3.63, 3.8) is 0 Å². The summed E-state index contributed by atoms with van der Waals surface area (Å²) in [6.45, 7) is 5.58. The summed E-state index contributed by atoms with van der Waals surface area (Å²) in [5, 5.41) is 3.23. The Balaban J connectivity index is 2.53. The van der Waals surface area contributed by atoms with Gasteiger partial charge in [-0.2, -0.15) is 0 Å². The molecule has 0 fully saturated rings. The number of hydrogen-bond acceptors (Lipinski definition) is 3. The fourth-order valence-corrected chi connectivity index (χ4v) is 1.33. The zero-order valence-corrected chi connectivity index (χ0v) is 10.6. The summed E-state index contributed by atoms with van der Waals surface area (Å²) in [5.74, 6) is -0.0560. The first-order chi connectivity index (χ1) is 8.13. The first kappa shape index (κ1) is 13.9. The first-order valence-electron chi connectivity index (χ1n) is 5.77. The molecule has 0 saturated heterocycles. The van der Waals surface area contributed by atoms with Crippen LogP contribution in [0.5, 0.6) is 5.75 Å². The lowest BCUT2D eigenvalue weighted by Gasteiger charge is -2.10. The number of halogens is 1. The van der Waals surface area contributed by atoms with Crippen molar-refractivity contribution < 1.29 is 13.9 Å². The summed E-state index contributed by atoms with van der Waals surface area (Å²) in [7, 11) is 1.58. The average molecular weight is 241 g/mol. The molecule has 0 unspecified atom stereocenters. The zero-order chi connectivity index (χ0) is 12.7. The molecule has 3 nitrogen and oxygen atoms in total. The molecule has 1 aromatic rings. The molecule has 0 aromatic heterocycles. The van der Waals surface area contributed by atoms with E-state index in [0.29, 0.717) is 25.8 Å². The quantitative estimate of drug-likeness (QED) is 0.743.